The topological polar surface area (TPSA) is 220 Å². The fraction of sp³-hybridized carbons (Fsp3) is 0.294. The van der Waals surface area contributed by atoms with Gasteiger partial charge in [-0.05, 0) is 26.0 Å². The van der Waals surface area contributed by atoms with E-state index >= 15 is 0 Å². The maximum atomic E-state index is 12.7. The van der Waals surface area contributed by atoms with Crippen molar-refractivity contribution in [3.8, 4) is 11.5 Å². The van der Waals surface area contributed by atoms with Crippen LogP contribution in [0.2, 0.25) is 0 Å². The average molecular weight is 502 g/mol. The molecule has 174 valence electrons. The molecule has 0 aliphatic rings. The van der Waals surface area contributed by atoms with Gasteiger partial charge in [-0.1, -0.05) is 0 Å². The molecule has 0 unspecified atom stereocenters. The maximum absolute atomic E-state index is 12.7. The van der Waals surface area contributed by atoms with Crippen molar-refractivity contribution in [3.05, 3.63) is 41.2 Å². The van der Waals surface area contributed by atoms with Gasteiger partial charge in [-0.25, -0.2) is 4.98 Å². The van der Waals surface area contributed by atoms with E-state index in [0.29, 0.717) is 5.16 Å². The van der Waals surface area contributed by atoms with E-state index < -0.39 is 21.2 Å². The number of fused-ring (bicyclic) bond motifs is 1. The van der Waals surface area contributed by atoms with E-state index in [1.807, 2.05) is 32.0 Å². The van der Waals surface area contributed by atoms with Gasteiger partial charge in [0.2, 0.25) is 0 Å². The Morgan fingerprint density at radius 1 is 1.12 bits per heavy atom. The molecular formula is C17H23MgN3O9S2. The second-order valence-corrected chi connectivity index (χ2v) is 8.05. The van der Waals surface area contributed by atoms with Crippen molar-refractivity contribution < 1.29 is 42.2 Å². The zero-order chi connectivity index (χ0) is 21.8. The molecule has 3 aromatic rings. The number of nitrogens with one attached hydrogen (secondary N) is 1. The van der Waals surface area contributed by atoms with Crippen LogP contribution < -0.4 is 9.47 Å². The van der Waals surface area contributed by atoms with E-state index in [2.05, 4.69) is 15.0 Å². The number of ether oxygens (including phenoxy) is 2. The molecule has 0 fully saturated rings. The Bertz CT molecular complexity index is 1150. The zero-order valence-corrected chi connectivity index (χ0v) is 20.8. The number of hydrogen-bond acceptors (Lipinski definition) is 9. The Hall–Kier alpha value is -1.85. The van der Waals surface area contributed by atoms with Gasteiger partial charge >= 0.3 is 23.1 Å². The molecule has 15 heteroatoms. The molecule has 3 rings (SSSR count). The Labute approximate surface area is 203 Å². The van der Waals surface area contributed by atoms with Crippen molar-refractivity contribution in [1.29, 1.82) is 0 Å². The first-order valence-corrected chi connectivity index (χ1v) is 10.8. The summed E-state index contributed by atoms with van der Waals surface area (Å²) in [4.78, 5) is 11.9. The Morgan fingerprint density at radius 2 is 1.72 bits per heavy atom. The Kier molecular flexibility index (Phi) is 13.8. The third-order valence-corrected chi connectivity index (χ3v) is 5.06. The number of aryl methyl sites for hydroxylation is 1. The molecule has 0 aliphatic carbocycles. The molecule has 2 heterocycles. The van der Waals surface area contributed by atoms with Gasteiger partial charge in [0.15, 0.2) is 5.16 Å². The first kappa shape index (κ1) is 32.3. The van der Waals surface area contributed by atoms with Crippen molar-refractivity contribution in [2.24, 2.45) is 0 Å². The predicted octanol–water partition coefficient (Wildman–Crippen LogP) is -0.468. The number of aromatic amines is 1. The first-order valence-electron chi connectivity index (χ1n) is 8.11. The van der Waals surface area contributed by atoms with Gasteiger partial charge in [0.05, 0.1) is 47.5 Å². The SMILES string of the molecule is COc1ccc2nc([S@@](=O)Cc3ncc(C)c(OC)c3C)[nH]c2c1.O.O.O=S(=O)([O-])[O-].[Mg+2]. The van der Waals surface area contributed by atoms with Crippen LogP contribution in [-0.4, -0.2) is 84.9 Å². The van der Waals surface area contributed by atoms with Crippen molar-refractivity contribution in [2.75, 3.05) is 14.2 Å². The second kappa shape index (κ2) is 13.6. The number of nitrogens with zero attached hydrogens (tertiary/aromatic N) is 2. The van der Waals surface area contributed by atoms with Crippen LogP contribution in [0.5, 0.6) is 11.5 Å². The summed E-state index contributed by atoms with van der Waals surface area (Å²) in [7, 11) is -3.26. The molecule has 5 N–H and O–H groups in total. The maximum Gasteiger partial charge on any atom is 2.00 e. The molecule has 0 bridgehead atoms. The third kappa shape index (κ3) is 8.95. The van der Waals surface area contributed by atoms with Crippen LogP contribution in [-0.2, 0) is 27.0 Å². The van der Waals surface area contributed by atoms with Crippen LogP contribution in [0, 0.1) is 13.8 Å². The summed E-state index contributed by atoms with van der Waals surface area (Å²) in [5, 5.41) is 0.430. The van der Waals surface area contributed by atoms with Gasteiger partial charge < -0.3 is 34.5 Å². The number of hydrogen-bond donors (Lipinski definition) is 1. The molecule has 1 atom stereocenters. The number of aromatic nitrogens is 3. The smallest absolute Gasteiger partial charge is 0.759 e. The summed E-state index contributed by atoms with van der Waals surface area (Å²) in [5.74, 6) is 1.79. The average Bonchev–Trinajstić information content (AvgIpc) is 3.06. The van der Waals surface area contributed by atoms with Crippen LogP contribution in [0.15, 0.2) is 29.6 Å². The van der Waals surface area contributed by atoms with Gasteiger partial charge in [0.25, 0.3) is 0 Å². The molecule has 12 nitrogen and oxygen atoms in total. The van der Waals surface area contributed by atoms with Crippen LogP contribution in [0.3, 0.4) is 0 Å². The number of pyridine rings is 1. The fourth-order valence-electron chi connectivity index (χ4n) is 2.61. The quantitative estimate of drug-likeness (QED) is 0.270. The summed E-state index contributed by atoms with van der Waals surface area (Å²) in [6.45, 7) is 3.86. The van der Waals surface area contributed by atoms with E-state index in [1.165, 1.54) is 0 Å². The van der Waals surface area contributed by atoms with Crippen molar-refractivity contribution in [2.45, 2.75) is 24.8 Å². The number of benzene rings is 1. The molecule has 0 spiro atoms. The summed E-state index contributed by atoms with van der Waals surface area (Å²) in [6.07, 6.45) is 1.74. The van der Waals surface area contributed by atoms with E-state index in [4.69, 9.17) is 27.0 Å². The van der Waals surface area contributed by atoms with Crippen molar-refractivity contribution in [3.63, 3.8) is 0 Å². The van der Waals surface area contributed by atoms with Gasteiger partial charge in [0.1, 0.15) is 11.5 Å². The molecular weight excluding hydrogens is 479 g/mol. The van der Waals surface area contributed by atoms with E-state index in [1.54, 1.807) is 20.4 Å². The molecule has 2 aromatic heterocycles. The number of methoxy groups -OCH3 is 2. The van der Waals surface area contributed by atoms with Crippen LogP contribution in [0.4, 0.5) is 0 Å². The molecule has 0 aliphatic heterocycles. The van der Waals surface area contributed by atoms with Crippen molar-refractivity contribution in [1.82, 2.24) is 15.0 Å². The van der Waals surface area contributed by atoms with E-state index in [9.17, 15) is 4.21 Å². The van der Waals surface area contributed by atoms with Crippen molar-refractivity contribution >= 4 is 55.3 Å². The molecule has 0 saturated carbocycles. The molecule has 0 saturated heterocycles. The summed E-state index contributed by atoms with van der Waals surface area (Å²) < 4.78 is 57.4. The first-order chi connectivity index (χ1) is 13.5. The number of imidazole rings is 1. The van der Waals surface area contributed by atoms with E-state index in [-0.39, 0.29) is 39.8 Å². The minimum absolute atomic E-state index is 0. The summed E-state index contributed by atoms with van der Waals surface area (Å²) >= 11 is 0. The Balaban J connectivity index is 0. The van der Waals surface area contributed by atoms with Crippen LogP contribution in [0.25, 0.3) is 11.0 Å². The normalized spacial score (nSPS) is 11.1. The van der Waals surface area contributed by atoms with Gasteiger partial charge in [-0.3, -0.25) is 17.6 Å². The fourth-order valence-corrected chi connectivity index (χ4v) is 3.71. The molecule has 0 radical (unpaired) electrons. The molecule has 32 heavy (non-hydrogen) atoms. The van der Waals surface area contributed by atoms with Gasteiger partial charge in [-0.2, -0.15) is 0 Å². The second-order valence-electron chi connectivity index (χ2n) is 5.87. The molecule has 0 amide bonds. The predicted molar refractivity (Wildman–Crippen MR) is 116 cm³/mol. The van der Waals surface area contributed by atoms with Gasteiger partial charge in [0, 0.05) is 33.8 Å². The monoisotopic (exact) mass is 501 g/mol. The standard InChI is InChI=1S/C17H19N3O3S.Mg.H2O4S.2H2O/c1-10-8-18-15(11(2)16(10)23-4)9-24(21)17-19-13-6-5-12(22-3)7-14(13)20-17;;1-5(2,3)4;;/h5-8H,9H2,1-4H3,(H,19,20);;(H2,1,2,3,4);2*1H2/q;+2;;;/p-2/t24-;;;;/m0..../s1. The minimum Gasteiger partial charge on any atom is -0.759 e. The third-order valence-electron chi connectivity index (χ3n) is 3.90. The molecule has 1 aromatic carbocycles. The van der Waals surface area contributed by atoms with E-state index in [0.717, 1.165) is 39.4 Å². The Morgan fingerprint density at radius 3 is 2.25 bits per heavy atom. The zero-order valence-electron chi connectivity index (χ0n) is 17.8. The van der Waals surface area contributed by atoms with Gasteiger partial charge in [-0.15, -0.1) is 0 Å². The van der Waals surface area contributed by atoms with Crippen LogP contribution in [0.1, 0.15) is 16.8 Å². The summed E-state index contributed by atoms with van der Waals surface area (Å²) in [6, 6.07) is 5.50. The number of H-pyrrole nitrogens is 1. The largest absolute Gasteiger partial charge is 2.00 e. The summed E-state index contributed by atoms with van der Waals surface area (Å²) in [5.41, 5.74) is 4.16. The minimum atomic E-state index is -5.17. The number of rotatable bonds is 5. The van der Waals surface area contributed by atoms with Crippen LogP contribution >= 0.6 is 0 Å².